The molecule has 0 saturated heterocycles. The van der Waals surface area contributed by atoms with Crippen LogP contribution in [0.2, 0.25) is 0 Å². The van der Waals surface area contributed by atoms with Crippen LogP contribution < -0.4 is 10.2 Å². The summed E-state index contributed by atoms with van der Waals surface area (Å²) in [5.41, 5.74) is 2.29. The molecule has 0 atom stereocenters. The highest BCUT2D eigenvalue weighted by Crippen LogP contribution is 2.19. The summed E-state index contributed by atoms with van der Waals surface area (Å²) < 4.78 is 4.99. The van der Waals surface area contributed by atoms with Crippen LogP contribution in [0.4, 0.5) is 17.5 Å². The lowest BCUT2D eigenvalue weighted by atomic mass is 10.2. The Labute approximate surface area is 149 Å². The van der Waals surface area contributed by atoms with Gasteiger partial charge in [0.1, 0.15) is 5.82 Å². The largest absolute Gasteiger partial charge is 0.462 e. The van der Waals surface area contributed by atoms with E-state index in [0.29, 0.717) is 18.1 Å². The third-order valence-electron chi connectivity index (χ3n) is 3.70. The van der Waals surface area contributed by atoms with E-state index in [1.807, 2.05) is 32.2 Å². The van der Waals surface area contributed by atoms with Crippen molar-refractivity contribution in [1.29, 1.82) is 0 Å². The summed E-state index contributed by atoms with van der Waals surface area (Å²) in [5.74, 6) is 1.13. The average molecular weight is 342 g/mol. The Hall–Kier alpha value is -2.63. The fourth-order valence-corrected chi connectivity index (χ4v) is 2.33. The number of rotatable bonds is 8. The molecule has 0 unspecified atom stereocenters. The number of esters is 1. The van der Waals surface area contributed by atoms with E-state index < -0.39 is 0 Å². The van der Waals surface area contributed by atoms with Gasteiger partial charge in [-0.15, -0.1) is 0 Å². The summed E-state index contributed by atoms with van der Waals surface area (Å²) in [6.45, 7) is 7.20. The number of ether oxygens (including phenoxy) is 1. The summed E-state index contributed by atoms with van der Waals surface area (Å²) in [6, 6.07) is 9.05. The number of carbonyl (C=O) groups excluding carboxylic acids is 1. The minimum Gasteiger partial charge on any atom is -0.462 e. The van der Waals surface area contributed by atoms with Crippen molar-refractivity contribution in [2.24, 2.45) is 0 Å². The number of aryl methyl sites for hydroxylation is 1. The lowest BCUT2D eigenvalue weighted by Crippen LogP contribution is -2.21. The van der Waals surface area contributed by atoms with Gasteiger partial charge in [0.15, 0.2) is 0 Å². The van der Waals surface area contributed by atoms with Gasteiger partial charge in [-0.05, 0) is 44.5 Å². The molecule has 25 heavy (non-hydrogen) atoms. The zero-order valence-electron chi connectivity index (χ0n) is 15.4. The number of hydrogen-bond donors (Lipinski definition) is 1. The summed E-state index contributed by atoms with van der Waals surface area (Å²) in [7, 11) is 2.00. The van der Waals surface area contributed by atoms with Crippen LogP contribution in [0.25, 0.3) is 0 Å². The van der Waals surface area contributed by atoms with E-state index in [1.165, 1.54) is 0 Å². The number of hydrogen-bond acceptors (Lipinski definition) is 6. The zero-order valence-corrected chi connectivity index (χ0v) is 15.4. The molecule has 0 spiro atoms. The van der Waals surface area contributed by atoms with E-state index in [-0.39, 0.29) is 5.97 Å². The Kier molecular flexibility index (Phi) is 6.74. The number of anilines is 3. The average Bonchev–Trinajstić information content (AvgIpc) is 2.60. The summed E-state index contributed by atoms with van der Waals surface area (Å²) in [6.07, 6.45) is 2.24. The SMILES string of the molecule is CCCCN(C)c1nc(C)cc(Nc2ccc(C(=O)OCC)cc2)n1. The lowest BCUT2D eigenvalue weighted by molar-refractivity contribution is 0.0526. The topological polar surface area (TPSA) is 67.4 Å². The van der Waals surface area contributed by atoms with Gasteiger partial charge in [-0.1, -0.05) is 13.3 Å². The first kappa shape index (κ1) is 18.7. The Balaban J connectivity index is 2.11. The maximum absolute atomic E-state index is 11.7. The first-order valence-electron chi connectivity index (χ1n) is 8.64. The standard InChI is InChI=1S/C19H26N4O2/c1-5-7-12-23(4)19-20-14(3)13-17(22-19)21-16-10-8-15(9-11-16)18(24)25-6-2/h8-11,13H,5-7,12H2,1-4H3,(H,20,21,22). The van der Waals surface area contributed by atoms with Crippen LogP contribution in [0.5, 0.6) is 0 Å². The molecular weight excluding hydrogens is 316 g/mol. The highest BCUT2D eigenvalue weighted by atomic mass is 16.5. The predicted molar refractivity (Wildman–Crippen MR) is 101 cm³/mol. The molecule has 0 aliphatic rings. The van der Waals surface area contributed by atoms with Gasteiger partial charge in [-0.25, -0.2) is 9.78 Å². The molecule has 2 rings (SSSR count). The van der Waals surface area contributed by atoms with E-state index >= 15 is 0 Å². The fraction of sp³-hybridized carbons (Fsp3) is 0.421. The van der Waals surface area contributed by atoms with Crippen LogP contribution in [-0.2, 0) is 4.74 Å². The van der Waals surface area contributed by atoms with Gasteiger partial charge in [0.2, 0.25) is 5.95 Å². The maximum atomic E-state index is 11.7. The number of nitrogens with one attached hydrogen (secondary N) is 1. The van der Waals surface area contributed by atoms with Gasteiger partial charge in [-0.2, -0.15) is 4.98 Å². The van der Waals surface area contributed by atoms with Crippen molar-refractivity contribution in [3.63, 3.8) is 0 Å². The molecular formula is C19H26N4O2. The van der Waals surface area contributed by atoms with Gasteiger partial charge in [0.05, 0.1) is 12.2 Å². The van der Waals surface area contributed by atoms with Crippen LogP contribution in [0.15, 0.2) is 30.3 Å². The molecule has 0 amide bonds. The first-order chi connectivity index (χ1) is 12.0. The third kappa shape index (κ3) is 5.45. The van der Waals surface area contributed by atoms with Crippen molar-refractivity contribution in [3.8, 4) is 0 Å². The molecule has 0 radical (unpaired) electrons. The molecule has 6 heteroatoms. The molecule has 1 aromatic heterocycles. The van der Waals surface area contributed by atoms with Gasteiger partial charge in [0, 0.05) is 31.0 Å². The minimum atomic E-state index is -0.313. The molecule has 1 heterocycles. The number of unbranched alkanes of at least 4 members (excludes halogenated alkanes) is 1. The molecule has 0 saturated carbocycles. The number of nitrogens with zero attached hydrogens (tertiary/aromatic N) is 3. The van der Waals surface area contributed by atoms with E-state index in [1.54, 1.807) is 19.1 Å². The van der Waals surface area contributed by atoms with Crippen molar-refractivity contribution < 1.29 is 9.53 Å². The Bertz CT molecular complexity index is 701. The molecule has 6 nitrogen and oxygen atoms in total. The quantitative estimate of drug-likeness (QED) is 0.733. The van der Waals surface area contributed by atoms with Crippen LogP contribution in [0.3, 0.4) is 0 Å². The van der Waals surface area contributed by atoms with Crippen molar-refractivity contribution in [3.05, 3.63) is 41.6 Å². The highest BCUT2D eigenvalue weighted by molar-refractivity contribution is 5.89. The smallest absolute Gasteiger partial charge is 0.338 e. The molecule has 134 valence electrons. The van der Waals surface area contributed by atoms with Gasteiger partial charge < -0.3 is 15.0 Å². The molecule has 2 aromatic rings. The monoisotopic (exact) mass is 342 g/mol. The van der Waals surface area contributed by atoms with Gasteiger partial charge in [0.25, 0.3) is 0 Å². The minimum absolute atomic E-state index is 0.313. The van der Waals surface area contributed by atoms with Crippen molar-refractivity contribution in [2.75, 3.05) is 30.4 Å². The fourth-order valence-electron chi connectivity index (χ4n) is 2.33. The summed E-state index contributed by atoms with van der Waals surface area (Å²) in [4.78, 5) is 22.8. The van der Waals surface area contributed by atoms with Crippen LogP contribution in [-0.4, -0.2) is 36.1 Å². The molecule has 1 aromatic carbocycles. The molecule has 0 aliphatic carbocycles. The van der Waals surface area contributed by atoms with Crippen LogP contribution in [0.1, 0.15) is 42.7 Å². The van der Waals surface area contributed by atoms with E-state index in [4.69, 9.17) is 4.74 Å². The second kappa shape index (κ2) is 9.01. The second-order valence-electron chi connectivity index (χ2n) is 5.89. The Morgan fingerprint density at radius 3 is 2.56 bits per heavy atom. The van der Waals surface area contributed by atoms with Crippen LogP contribution in [0, 0.1) is 6.92 Å². The Morgan fingerprint density at radius 1 is 1.20 bits per heavy atom. The normalized spacial score (nSPS) is 10.4. The maximum Gasteiger partial charge on any atom is 0.338 e. The van der Waals surface area contributed by atoms with E-state index in [9.17, 15) is 4.79 Å². The number of benzene rings is 1. The first-order valence-corrected chi connectivity index (χ1v) is 8.64. The van der Waals surface area contributed by atoms with E-state index in [2.05, 4.69) is 27.1 Å². The zero-order chi connectivity index (χ0) is 18.2. The van der Waals surface area contributed by atoms with Gasteiger partial charge >= 0.3 is 5.97 Å². The highest BCUT2D eigenvalue weighted by Gasteiger charge is 2.09. The van der Waals surface area contributed by atoms with Gasteiger partial charge in [-0.3, -0.25) is 0 Å². The Morgan fingerprint density at radius 2 is 1.92 bits per heavy atom. The molecule has 0 aliphatic heterocycles. The molecule has 0 fully saturated rings. The summed E-state index contributed by atoms with van der Waals surface area (Å²) >= 11 is 0. The molecule has 1 N–H and O–H groups in total. The van der Waals surface area contributed by atoms with Crippen molar-refractivity contribution >= 4 is 23.4 Å². The second-order valence-corrected chi connectivity index (χ2v) is 5.89. The van der Waals surface area contributed by atoms with Crippen molar-refractivity contribution in [1.82, 2.24) is 9.97 Å². The predicted octanol–water partition coefficient (Wildman–Crippen LogP) is 3.94. The third-order valence-corrected chi connectivity index (χ3v) is 3.70. The van der Waals surface area contributed by atoms with E-state index in [0.717, 1.165) is 36.6 Å². The lowest BCUT2D eigenvalue weighted by Gasteiger charge is -2.18. The summed E-state index contributed by atoms with van der Waals surface area (Å²) in [5, 5.41) is 3.26. The number of carbonyl (C=O) groups is 1. The molecule has 0 bridgehead atoms. The van der Waals surface area contributed by atoms with Crippen LogP contribution >= 0.6 is 0 Å². The van der Waals surface area contributed by atoms with Crippen molar-refractivity contribution in [2.45, 2.75) is 33.6 Å². The number of aromatic nitrogens is 2.